The first-order chi connectivity index (χ1) is 25.2. The molecule has 260 valence electrons. The number of rotatable bonds is 7. The molecule has 0 bridgehead atoms. The number of H-pyrrole nitrogens is 1. The van der Waals surface area contributed by atoms with E-state index in [2.05, 4.69) is 121 Å². The number of para-hydroxylation sites is 3. The Kier molecular flexibility index (Phi) is 7.51. The molecule has 3 heterocycles. The second kappa shape index (κ2) is 12.0. The summed E-state index contributed by atoms with van der Waals surface area (Å²) in [6.45, 7) is 9.34. The predicted octanol–water partition coefficient (Wildman–Crippen LogP) is 13.7. The van der Waals surface area contributed by atoms with Crippen molar-refractivity contribution < 1.29 is 13.2 Å². The molecule has 1 unspecified atom stereocenters. The van der Waals surface area contributed by atoms with Crippen LogP contribution in [-0.4, -0.2) is 14.1 Å². The van der Waals surface area contributed by atoms with E-state index in [4.69, 9.17) is 0 Å². The maximum atomic E-state index is 13.8. The fourth-order valence-electron chi connectivity index (χ4n) is 8.94. The molecule has 6 aromatic carbocycles. The second-order valence-corrected chi connectivity index (χ2v) is 14.5. The van der Waals surface area contributed by atoms with Crippen molar-refractivity contribution in [3.05, 3.63) is 132 Å². The standard InChI is InChI=1S/C46H40F3N3/c1-5-27(3)39(28(4)6-2)29-20-25-38-35(26-29)41-43-40(33-16-10-12-18-36(33)50-43)44-42(45(41)51(38)31-14-8-7-9-15-31)34-17-11-13-19-37(34)52(44)32-23-21-30(22-24-32)46(47,48)49/h7-28,39,50H,5-6H2,1-4H3/t27-,28+,39?. The van der Waals surface area contributed by atoms with E-state index >= 15 is 0 Å². The topological polar surface area (TPSA) is 25.6 Å². The molecule has 1 N–H and O–H groups in total. The third-order valence-electron chi connectivity index (χ3n) is 11.7. The summed E-state index contributed by atoms with van der Waals surface area (Å²) in [6, 6.07) is 39.9. The predicted molar refractivity (Wildman–Crippen MR) is 211 cm³/mol. The monoisotopic (exact) mass is 691 g/mol. The van der Waals surface area contributed by atoms with Crippen LogP contribution in [0.5, 0.6) is 0 Å². The van der Waals surface area contributed by atoms with Crippen LogP contribution in [0.15, 0.2) is 121 Å². The van der Waals surface area contributed by atoms with Crippen molar-refractivity contribution >= 4 is 65.4 Å². The number of nitrogens with zero attached hydrogens (tertiary/aromatic N) is 2. The van der Waals surface area contributed by atoms with Crippen LogP contribution in [0.2, 0.25) is 0 Å². The van der Waals surface area contributed by atoms with Crippen LogP contribution in [0.25, 0.3) is 76.8 Å². The fraction of sp³-hybridized carbons (Fsp3) is 0.217. The number of halogens is 3. The van der Waals surface area contributed by atoms with Gasteiger partial charge in [0, 0.05) is 49.2 Å². The minimum Gasteiger partial charge on any atom is -0.354 e. The van der Waals surface area contributed by atoms with Gasteiger partial charge in [0.05, 0.1) is 33.1 Å². The summed E-state index contributed by atoms with van der Waals surface area (Å²) >= 11 is 0. The van der Waals surface area contributed by atoms with Crippen LogP contribution < -0.4 is 0 Å². The van der Waals surface area contributed by atoms with Crippen molar-refractivity contribution in [1.29, 1.82) is 0 Å². The van der Waals surface area contributed by atoms with Gasteiger partial charge < -0.3 is 14.1 Å². The first kappa shape index (κ1) is 32.4. The first-order valence-electron chi connectivity index (χ1n) is 18.4. The Labute approximate surface area is 300 Å². The molecule has 9 aromatic rings. The molecule has 3 nitrogen and oxygen atoms in total. The lowest BCUT2D eigenvalue weighted by atomic mass is 9.76. The van der Waals surface area contributed by atoms with Gasteiger partial charge in [-0.25, -0.2) is 0 Å². The maximum Gasteiger partial charge on any atom is 0.416 e. The van der Waals surface area contributed by atoms with Gasteiger partial charge in [-0.05, 0) is 84.0 Å². The minimum atomic E-state index is -4.42. The molecule has 0 radical (unpaired) electrons. The lowest BCUT2D eigenvalue weighted by molar-refractivity contribution is -0.137. The Balaban J connectivity index is 1.54. The average molecular weight is 692 g/mol. The van der Waals surface area contributed by atoms with Crippen LogP contribution in [0.1, 0.15) is 57.6 Å². The molecule has 3 aromatic heterocycles. The number of fused-ring (bicyclic) bond motifs is 12. The molecule has 52 heavy (non-hydrogen) atoms. The van der Waals surface area contributed by atoms with Gasteiger partial charge in [0.1, 0.15) is 0 Å². The van der Waals surface area contributed by atoms with Gasteiger partial charge in [0.2, 0.25) is 0 Å². The van der Waals surface area contributed by atoms with E-state index in [1.54, 1.807) is 12.1 Å². The normalized spacial score (nSPS) is 14.4. The number of aromatic nitrogens is 3. The van der Waals surface area contributed by atoms with Crippen LogP contribution in [0.3, 0.4) is 0 Å². The van der Waals surface area contributed by atoms with Gasteiger partial charge in [0.15, 0.2) is 0 Å². The van der Waals surface area contributed by atoms with E-state index in [9.17, 15) is 13.2 Å². The summed E-state index contributed by atoms with van der Waals surface area (Å²) in [5.41, 5.74) is 8.59. The molecule has 0 saturated heterocycles. The number of hydrogen-bond donors (Lipinski definition) is 1. The average Bonchev–Trinajstić information content (AvgIpc) is 3.82. The SMILES string of the molecule is CC[C@@H](C)C(c1ccc2c(c1)c1c3[nH]c4ccccc4c3c3c(c4ccccc4n3-c3ccc(C(F)(F)F)cc3)c1n2-c1ccccc1)[C@@H](C)CC. The highest BCUT2D eigenvalue weighted by atomic mass is 19.4. The fourth-order valence-corrected chi connectivity index (χ4v) is 8.94. The summed E-state index contributed by atoms with van der Waals surface area (Å²) in [4.78, 5) is 3.86. The Hall–Kier alpha value is -5.49. The zero-order valence-corrected chi connectivity index (χ0v) is 29.7. The van der Waals surface area contributed by atoms with Crippen LogP contribution >= 0.6 is 0 Å². The third-order valence-corrected chi connectivity index (χ3v) is 11.7. The lowest BCUT2D eigenvalue weighted by Gasteiger charge is -2.29. The second-order valence-electron chi connectivity index (χ2n) is 14.5. The Bertz CT molecular complexity index is 2770. The van der Waals surface area contributed by atoms with E-state index in [0.29, 0.717) is 23.4 Å². The van der Waals surface area contributed by atoms with E-state index in [0.717, 1.165) is 78.6 Å². The molecule has 0 aliphatic heterocycles. The van der Waals surface area contributed by atoms with Crippen molar-refractivity contribution in [2.45, 2.75) is 52.6 Å². The first-order valence-corrected chi connectivity index (χ1v) is 18.4. The van der Waals surface area contributed by atoms with E-state index in [1.165, 1.54) is 23.1 Å². The Morgan fingerprint density at radius 3 is 1.79 bits per heavy atom. The molecule has 0 fully saturated rings. The van der Waals surface area contributed by atoms with Gasteiger partial charge in [-0.2, -0.15) is 13.2 Å². The zero-order valence-electron chi connectivity index (χ0n) is 29.7. The lowest BCUT2D eigenvalue weighted by Crippen LogP contribution is -2.17. The van der Waals surface area contributed by atoms with Crippen molar-refractivity contribution in [2.75, 3.05) is 0 Å². The molecule has 0 aliphatic rings. The number of aromatic amines is 1. The summed E-state index contributed by atoms with van der Waals surface area (Å²) in [6.07, 6.45) is -2.21. The molecule has 0 aliphatic carbocycles. The molecular weight excluding hydrogens is 652 g/mol. The van der Waals surface area contributed by atoms with E-state index in [-0.39, 0.29) is 0 Å². The number of hydrogen-bond acceptors (Lipinski definition) is 0. The molecule has 6 heteroatoms. The van der Waals surface area contributed by atoms with Crippen molar-refractivity contribution in [1.82, 2.24) is 14.1 Å². The molecule has 9 rings (SSSR count). The van der Waals surface area contributed by atoms with Gasteiger partial charge in [0.25, 0.3) is 0 Å². The molecule has 0 amide bonds. The number of nitrogens with one attached hydrogen (secondary N) is 1. The Morgan fingerprint density at radius 1 is 0.577 bits per heavy atom. The third kappa shape index (κ3) is 4.73. The summed E-state index contributed by atoms with van der Waals surface area (Å²) in [5, 5.41) is 6.61. The maximum absolute atomic E-state index is 13.8. The van der Waals surface area contributed by atoms with Gasteiger partial charge in [-0.15, -0.1) is 0 Å². The highest BCUT2D eigenvalue weighted by Crippen LogP contribution is 2.49. The number of benzene rings is 6. The molecule has 0 saturated carbocycles. The summed E-state index contributed by atoms with van der Waals surface area (Å²) in [7, 11) is 0. The summed E-state index contributed by atoms with van der Waals surface area (Å²) < 4.78 is 45.9. The van der Waals surface area contributed by atoms with Crippen molar-refractivity contribution in [3.8, 4) is 11.4 Å². The van der Waals surface area contributed by atoms with Crippen molar-refractivity contribution in [3.63, 3.8) is 0 Å². The largest absolute Gasteiger partial charge is 0.416 e. The van der Waals surface area contributed by atoms with Crippen LogP contribution in [-0.2, 0) is 6.18 Å². The molecule has 3 atom stereocenters. The smallest absolute Gasteiger partial charge is 0.354 e. The van der Waals surface area contributed by atoms with Crippen LogP contribution in [0.4, 0.5) is 13.2 Å². The van der Waals surface area contributed by atoms with E-state index < -0.39 is 11.7 Å². The van der Waals surface area contributed by atoms with Gasteiger partial charge >= 0.3 is 6.18 Å². The summed E-state index contributed by atoms with van der Waals surface area (Å²) in [5.74, 6) is 1.46. The van der Waals surface area contributed by atoms with Gasteiger partial charge in [-0.3, -0.25) is 0 Å². The molecule has 0 spiro atoms. The van der Waals surface area contributed by atoms with Crippen LogP contribution in [0, 0.1) is 11.8 Å². The zero-order chi connectivity index (χ0) is 35.9. The Morgan fingerprint density at radius 2 is 1.13 bits per heavy atom. The quantitative estimate of drug-likeness (QED) is 0.172. The highest BCUT2D eigenvalue weighted by Gasteiger charge is 2.31. The van der Waals surface area contributed by atoms with Gasteiger partial charge in [-0.1, -0.05) is 101 Å². The number of alkyl halides is 3. The highest BCUT2D eigenvalue weighted by molar-refractivity contribution is 6.39. The van der Waals surface area contributed by atoms with E-state index in [1.807, 2.05) is 18.2 Å². The molecular formula is C46H40F3N3. The minimum absolute atomic E-state index is 0.415. The van der Waals surface area contributed by atoms with Crippen molar-refractivity contribution in [2.24, 2.45) is 11.8 Å².